The molecule has 0 spiro atoms. The van der Waals surface area contributed by atoms with Crippen LogP contribution in [0.3, 0.4) is 0 Å². The van der Waals surface area contributed by atoms with Crippen molar-refractivity contribution >= 4 is 34.7 Å². The lowest BCUT2D eigenvalue weighted by atomic mass is 10.1. The largest absolute Gasteiger partial charge is 0.340 e. The Kier molecular flexibility index (Phi) is 6.49. The van der Waals surface area contributed by atoms with Crippen molar-refractivity contribution < 1.29 is 13.6 Å². The third-order valence-electron chi connectivity index (χ3n) is 4.65. The SMILES string of the molecule is Cc1ccnc(Nc2cc(Nc3ccc(NC(=O)Cc4ccc(F)cc4F)cc3)ncn2)c1. The summed E-state index contributed by atoms with van der Waals surface area (Å²) in [6.45, 7) is 1.98. The zero-order valence-electron chi connectivity index (χ0n) is 17.6. The van der Waals surface area contributed by atoms with E-state index in [1.807, 2.05) is 19.1 Å². The fraction of sp³-hybridized carbons (Fsp3) is 0.0833. The van der Waals surface area contributed by atoms with E-state index < -0.39 is 17.5 Å². The normalized spacial score (nSPS) is 10.5. The number of nitrogens with zero attached hydrogens (tertiary/aromatic N) is 3. The summed E-state index contributed by atoms with van der Waals surface area (Å²) >= 11 is 0. The number of carbonyl (C=O) groups is 1. The second kappa shape index (κ2) is 9.82. The van der Waals surface area contributed by atoms with Gasteiger partial charge >= 0.3 is 0 Å². The molecule has 0 aliphatic heterocycles. The molecule has 4 aromatic rings. The van der Waals surface area contributed by atoms with Crippen LogP contribution in [0.4, 0.5) is 37.6 Å². The van der Waals surface area contributed by atoms with Gasteiger partial charge in [0.1, 0.15) is 35.4 Å². The maximum absolute atomic E-state index is 13.7. The van der Waals surface area contributed by atoms with Gasteiger partial charge in [-0.3, -0.25) is 4.79 Å². The van der Waals surface area contributed by atoms with Crippen molar-refractivity contribution in [1.29, 1.82) is 0 Å². The summed E-state index contributed by atoms with van der Waals surface area (Å²) in [6, 6.07) is 15.7. The van der Waals surface area contributed by atoms with Gasteiger partial charge in [-0.05, 0) is 60.5 Å². The summed E-state index contributed by atoms with van der Waals surface area (Å²) in [7, 11) is 0. The monoisotopic (exact) mass is 446 g/mol. The number of pyridine rings is 1. The zero-order valence-corrected chi connectivity index (χ0v) is 17.6. The highest BCUT2D eigenvalue weighted by molar-refractivity contribution is 5.92. The minimum absolute atomic E-state index is 0.126. The molecule has 0 saturated carbocycles. The molecule has 0 aliphatic rings. The molecule has 2 aromatic carbocycles. The molecule has 7 nitrogen and oxygen atoms in total. The van der Waals surface area contributed by atoms with Gasteiger partial charge in [-0.2, -0.15) is 0 Å². The standard InChI is InChI=1S/C24H20F2N6O/c1-15-8-9-27-21(10-15)32-23-13-22(28-14-29-23)30-18-4-6-19(7-5-18)31-24(33)11-16-2-3-17(25)12-20(16)26/h2-10,12-14H,11H2,1H3,(H,31,33)(H2,27,28,29,30,32). The van der Waals surface area contributed by atoms with Crippen LogP contribution >= 0.6 is 0 Å². The smallest absolute Gasteiger partial charge is 0.228 e. The molecule has 2 heterocycles. The van der Waals surface area contributed by atoms with E-state index in [2.05, 4.69) is 30.9 Å². The van der Waals surface area contributed by atoms with E-state index in [1.165, 1.54) is 12.4 Å². The first-order valence-electron chi connectivity index (χ1n) is 10.1. The maximum Gasteiger partial charge on any atom is 0.228 e. The third kappa shape index (κ3) is 6.07. The molecule has 33 heavy (non-hydrogen) atoms. The fourth-order valence-electron chi connectivity index (χ4n) is 3.06. The number of hydrogen-bond donors (Lipinski definition) is 3. The van der Waals surface area contributed by atoms with Crippen LogP contribution < -0.4 is 16.0 Å². The first kappa shape index (κ1) is 21.8. The molecule has 2 aromatic heterocycles. The summed E-state index contributed by atoms with van der Waals surface area (Å²) in [4.78, 5) is 24.9. The lowest BCUT2D eigenvalue weighted by Gasteiger charge is -2.10. The average Bonchev–Trinajstić information content (AvgIpc) is 2.77. The molecule has 0 aliphatic carbocycles. The molecule has 0 radical (unpaired) electrons. The van der Waals surface area contributed by atoms with Crippen LogP contribution in [0.2, 0.25) is 0 Å². The average molecular weight is 446 g/mol. The Morgan fingerprint density at radius 2 is 1.52 bits per heavy atom. The molecule has 9 heteroatoms. The van der Waals surface area contributed by atoms with Crippen molar-refractivity contribution in [2.75, 3.05) is 16.0 Å². The fourth-order valence-corrected chi connectivity index (χ4v) is 3.06. The van der Waals surface area contributed by atoms with E-state index in [0.717, 1.165) is 23.4 Å². The van der Waals surface area contributed by atoms with Gasteiger partial charge in [-0.1, -0.05) is 6.07 Å². The van der Waals surface area contributed by atoms with Crippen LogP contribution in [0.15, 0.2) is 73.2 Å². The van der Waals surface area contributed by atoms with Gasteiger partial charge in [0, 0.05) is 29.7 Å². The van der Waals surface area contributed by atoms with Crippen molar-refractivity contribution in [1.82, 2.24) is 15.0 Å². The van der Waals surface area contributed by atoms with E-state index in [0.29, 0.717) is 23.1 Å². The van der Waals surface area contributed by atoms with Crippen LogP contribution in [-0.2, 0) is 11.2 Å². The van der Waals surface area contributed by atoms with Crippen LogP contribution in [0, 0.1) is 18.6 Å². The van der Waals surface area contributed by atoms with Gasteiger partial charge in [-0.25, -0.2) is 23.7 Å². The summed E-state index contributed by atoms with van der Waals surface area (Å²) in [5.74, 6) is 0.00346. The van der Waals surface area contributed by atoms with Crippen molar-refractivity contribution in [2.24, 2.45) is 0 Å². The Morgan fingerprint density at radius 1 is 0.818 bits per heavy atom. The first-order valence-corrected chi connectivity index (χ1v) is 10.1. The lowest BCUT2D eigenvalue weighted by molar-refractivity contribution is -0.115. The van der Waals surface area contributed by atoms with Crippen LogP contribution in [-0.4, -0.2) is 20.9 Å². The molecule has 166 valence electrons. The van der Waals surface area contributed by atoms with Gasteiger partial charge in [0.15, 0.2) is 0 Å². The molecule has 3 N–H and O–H groups in total. The zero-order chi connectivity index (χ0) is 23.2. The summed E-state index contributed by atoms with van der Waals surface area (Å²) in [5.41, 5.74) is 2.50. The number of benzene rings is 2. The predicted molar refractivity (Wildman–Crippen MR) is 123 cm³/mol. The topological polar surface area (TPSA) is 91.8 Å². The number of anilines is 5. The summed E-state index contributed by atoms with van der Waals surface area (Å²) in [5, 5.41) is 8.99. The summed E-state index contributed by atoms with van der Waals surface area (Å²) < 4.78 is 26.7. The molecule has 0 saturated heterocycles. The van der Waals surface area contributed by atoms with Gasteiger partial charge in [0.25, 0.3) is 0 Å². The highest BCUT2D eigenvalue weighted by atomic mass is 19.1. The second-order valence-corrected chi connectivity index (χ2v) is 7.29. The Labute approximate surface area is 188 Å². The maximum atomic E-state index is 13.7. The number of halogens is 2. The molecule has 0 fully saturated rings. The Hall–Kier alpha value is -4.40. The molecule has 1 amide bonds. The second-order valence-electron chi connectivity index (χ2n) is 7.29. The number of amides is 1. The van der Waals surface area contributed by atoms with Crippen molar-refractivity contribution in [2.45, 2.75) is 13.3 Å². The van der Waals surface area contributed by atoms with E-state index in [1.54, 1.807) is 36.5 Å². The van der Waals surface area contributed by atoms with E-state index in [-0.39, 0.29) is 12.0 Å². The highest BCUT2D eigenvalue weighted by Crippen LogP contribution is 2.21. The van der Waals surface area contributed by atoms with Crippen molar-refractivity contribution in [3.63, 3.8) is 0 Å². The number of hydrogen-bond acceptors (Lipinski definition) is 6. The molecule has 0 atom stereocenters. The van der Waals surface area contributed by atoms with Crippen molar-refractivity contribution in [3.8, 4) is 0 Å². The highest BCUT2D eigenvalue weighted by Gasteiger charge is 2.10. The van der Waals surface area contributed by atoms with Gasteiger partial charge in [0.2, 0.25) is 5.91 Å². The third-order valence-corrected chi connectivity index (χ3v) is 4.65. The lowest BCUT2D eigenvalue weighted by Crippen LogP contribution is -2.15. The Bertz CT molecular complexity index is 1280. The number of carbonyl (C=O) groups excluding carboxylic acids is 1. The Morgan fingerprint density at radius 3 is 2.24 bits per heavy atom. The quantitative estimate of drug-likeness (QED) is 0.365. The molecule has 0 unspecified atom stereocenters. The molecule has 4 rings (SSSR count). The van der Waals surface area contributed by atoms with Crippen LogP contribution in [0.1, 0.15) is 11.1 Å². The van der Waals surface area contributed by atoms with Crippen LogP contribution in [0.25, 0.3) is 0 Å². The number of aromatic nitrogens is 3. The molecular weight excluding hydrogens is 426 g/mol. The Balaban J connectivity index is 1.36. The van der Waals surface area contributed by atoms with E-state index in [9.17, 15) is 13.6 Å². The van der Waals surface area contributed by atoms with Gasteiger partial charge < -0.3 is 16.0 Å². The minimum Gasteiger partial charge on any atom is -0.340 e. The minimum atomic E-state index is -0.749. The van der Waals surface area contributed by atoms with Gasteiger partial charge in [0.05, 0.1) is 6.42 Å². The van der Waals surface area contributed by atoms with Gasteiger partial charge in [-0.15, -0.1) is 0 Å². The van der Waals surface area contributed by atoms with E-state index in [4.69, 9.17) is 0 Å². The molecular formula is C24H20F2N6O. The number of aryl methyl sites for hydroxylation is 1. The van der Waals surface area contributed by atoms with Crippen molar-refractivity contribution in [3.05, 3.63) is 95.9 Å². The number of nitrogens with one attached hydrogen (secondary N) is 3. The molecule has 0 bridgehead atoms. The first-order chi connectivity index (χ1) is 15.9. The predicted octanol–water partition coefficient (Wildman–Crippen LogP) is 5.13. The summed E-state index contributed by atoms with van der Waals surface area (Å²) in [6.07, 6.45) is 2.96. The van der Waals surface area contributed by atoms with E-state index >= 15 is 0 Å². The number of rotatable bonds is 7. The van der Waals surface area contributed by atoms with Crippen LogP contribution in [0.5, 0.6) is 0 Å².